The molecule has 1 unspecified atom stereocenters. The van der Waals surface area contributed by atoms with Gasteiger partial charge in [0, 0.05) is 4.88 Å². The number of aryl methyl sites for hydroxylation is 1. The van der Waals surface area contributed by atoms with Crippen molar-refractivity contribution in [1.29, 1.82) is 0 Å². The lowest BCUT2D eigenvalue weighted by molar-refractivity contribution is -0.124. The van der Waals surface area contributed by atoms with E-state index in [1.165, 1.54) is 0 Å². The van der Waals surface area contributed by atoms with E-state index in [-0.39, 0.29) is 11.3 Å². The van der Waals surface area contributed by atoms with Crippen LogP contribution in [0, 0.1) is 12.3 Å². The van der Waals surface area contributed by atoms with E-state index in [9.17, 15) is 4.79 Å². The van der Waals surface area contributed by atoms with Crippen LogP contribution in [0.5, 0.6) is 0 Å². The molecule has 16 heavy (non-hydrogen) atoms. The Balaban J connectivity index is 2.51. The van der Waals surface area contributed by atoms with Gasteiger partial charge in [-0.2, -0.15) is 0 Å². The van der Waals surface area contributed by atoms with E-state index >= 15 is 0 Å². The number of carbonyl (C=O) groups is 1. The first-order chi connectivity index (χ1) is 7.32. The van der Waals surface area contributed by atoms with Crippen LogP contribution < -0.4 is 11.1 Å². The van der Waals surface area contributed by atoms with E-state index in [1.54, 1.807) is 16.8 Å². The Morgan fingerprint density at radius 3 is 2.69 bits per heavy atom. The monoisotopic (exact) mass is 241 g/mol. The normalized spacial score (nSPS) is 13.6. The summed E-state index contributed by atoms with van der Waals surface area (Å²) < 4.78 is 0. The molecule has 1 heterocycles. The average molecular weight is 241 g/mol. The van der Waals surface area contributed by atoms with Crippen molar-refractivity contribution in [2.45, 2.75) is 40.3 Å². The van der Waals surface area contributed by atoms with Crippen molar-refractivity contribution in [3.05, 3.63) is 16.1 Å². The number of amides is 1. The lowest BCUT2D eigenvalue weighted by Crippen LogP contribution is -2.48. The second-order valence-corrected chi connectivity index (χ2v) is 5.86. The molecular formula is C11H19N3OS. The molecule has 5 heteroatoms. The first kappa shape index (κ1) is 13.1. The summed E-state index contributed by atoms with van der Waals surface area (Å²) in [6.45, 7) is 8.31. The largest absolute Gasteiger partial charge is 0.350 e. The van der Waals surface area contributed by atoms with Crippen molar-refractivity contribution in [2.24, 2.45) is 11.1 Å². The van der Waals surface area contributed by atoms with Crippen molar-refractivity contribution in [3.63, 3.8) is 0 Å². The second kappa shape index (κ2) is 4.93. The van der Waals surface area contributed by atoms with Crippen LogP contribution in [0.2, 0.25) is 0 Å². The van der Waals surface area contributed by atoms with Crippen LogP contribution in [-0.4, -0.2) is 16.9 Å². The molecule has 0 spiro atoms. The van der Waals surface area contributed by atoms with Gasteiger partial charge < -0.3 is 11.1 Å². The Morgan fingerprint density at radius 2 is 2.25 bits per heavy atom. The standard InChI is InChI=1S/C11H19N3OS/c1-7-8(16-6-14-7)5-13-10(15)9(12)11(2,3)4/h6,9H,5,12H2,1-4H3,(H,13,15). The molecular weight excluding hydrogens is 222 g/mol. The number of carbonyl (C=O) groups excluding carboxylic acids is 1. The van der Waals surface area contributed by atoms with E-state index in [0.29, 0.717) is 6.54 Å². The van der Waals surface area contributed by atoms with Gasteiger partial charge in [-0.25, -0.2) is 4.98 Å². The van der Waals surface area contributed by atoms with Crippen molar-refractivity contribution < 1.29 is 4.79 Å². The fourth-order valence-electron chi connectivity index (χ4n) is 1.17. The zero-order chi connectivity index (χ0) is 12.3. The van der Waals surface area contributed by atoms with Gasteiger partial charge in [-0.1, -0.05) is 20.8 Å². The molecule has 1 rings (SSSR count). The van der Waals surface area contributed by atoms with Gasteiger partial charge in [0.25, 0.3) is 0 Å². The smallest absolute Gasteiger partial charge is 0.237 e. The molecule has 0 fully saturated rings. The van der Waals surface area contributed by atoms with Gasteiger partial charge in [-0.05, 0) is 12.3 Å². The molecule has 4 nitrogen and oxygen atoms in total. The third-order valence-electron chi connectivity index (χ3n) is 2.48. The van der Waals surface area contributed by atoms with E-state index in [0.717, 1.165) is 10.6 Å². The fraction of sp³-hybridized carbons (Fsp3) is 0.636. The molecule has 0 radical (unpaired) electrons. The molecule has 0 saturated heterocycles. The summed E-state index contributed by atoms with van der Waals surface area (Å²) >= 11 is 1.54. The Bertz CT molecular complexity index is 368. The molecule has 90 valence electrons. The van der Waals surface area contributed by atoms with Gasteiger partial charge in [-0.15, -0.1) is 11.3 Å². The number of nitrogens with one attached hydrogen (secondary N) is 1. The maximum Gasteiger partial charge on any atom is 0.237 e. The van der Waals surface area contributed by atoms with Crippen LogP contribution in [0.4, 0.5) is 0 Å². The summed E-state index contributed by atoms with van der Waals surface area (Å²) in [7, 11) is 0. The van der Waals surface area contributed by atoms with Gasteiger partial charge in [-0.3, -0.25) is 4.79 Å². The SMILES string of the molecule is Cc1ncsc1CNC(=O)C(N)C(C)(C)C. The maximum atomic E-state index is 11.7. The highest BCUT2D eigenvalue weighted by Gasteiger charge is 2.27. The molecule has 0 aromatic carbocycles. The third-order valence-corrected chi connectivity index (χ3v) is 3.42. The Morgan fingerprint density at radius 1 is 1.62 bits per heavy atom. The van der Waals surface area contributed by atoms with Crippen LogP contribution in [0.15, 0.2) is 5.51 Å². The zero-order valence-corrected chi connectivity index (χ0v) is 11.0. The highest BCUT2D eigenvalue weighted by atomic mass is 32.1. The number of nitrogens with zero attached hydrogens (tertiary/aromatic N) is 1. The van der Waals surface area contributed by atoms with Crippen LogP contribution in [0.3, 0.4) is 0 Å². The van der Waals surface area contributed by atoms with Crippen molar-refractivity contribution >= 4 is 17.2 Å². The van der Waals surface area contributed by atoms with Crippen LogP contribution in [-0.2, 0) is 11.3 Å². The number of nitrogens with two attached hydrogens (primary N) is 1. The molecule has 0 aliphatic rings. The van der Waals surface area contributed by atoms with Gasteiger partial charge in [0.2, 0.25) is 5.91 Å². The summed E-state index contributed by atoms with van der Waals surface area (Å²) in [6.07, 6.45) is 0. The summed E-state index contributed by atoms with van der Waals surface area (Å²) in [5, 5.41) is 2.84. The molecule has 1 atom stereocenters. The van der Waals surface area contributed by atoms with E-state index < -0.39 is 6.04 Å². The van der Waals surface area contributed by atoms with Gasteiger partial charge in [0.05, 0.1) is 23.8 Å². The first-order valence-corrected chi connectivity index (χ1v) is 6.12. The minimum atomic E-state index is -0.485. The molecule has 0 bridgehead atoms. The van der Waals surface area contributed by atoms with Gasteiger partial charge >= 0.3 is 0 Å². The molecule has 0 saturated carbocycles. The predicted molar refractivity (Wildman–Crippen MR) is 66.1 cm³/mol. The van der Waals surface area contributed by atoms with Crippen molar-refractivity contribution in [3.8, 4) is 0 Å². The Kier molecular flexibility index (Phi) is 4.04. The molecule has 1 aromatic rings. The summed E-state index contributed by atoms with van der Waals surface area (Å²) in [5.74, 6) is -0.111. The molecule has 1 amide bonds. The van der Waals surface area contributed by atoms with Crippen molar-refractivity contribution in [1.82, 2.24) is 10.3 Å². The lowest BCUT2D eigenvalue weighted by atomic mass is 9.87. The third kappa shape index (κ3) is 3.28. The number of rotatable bonds is 3. The Labute approximate surface area is 100 Å². The number of aromatic nitrogens is 1. The van der Waals surface area contributed by atoms with Gasteiger partial charge in [0.1, 0.15) is 0 Å². The van der Waals surface area contributed by atoms with E-state index in [2.05, 4.69) is 10.3 Å². The van der Waals surface area contributed by atoms with Crippen molar-refractivity contribution in [2.75, 3.05) is 0 Å². The quantitative estimate of drug-likeness (QED) is 0.841. The first-order valence-electron chi connectivity index (χ1n) is 5.24. The summed E-state index contributed by atoms with van der Waals surface area (Å²) in [5.41, 5.74) is 8.38. The minimum absolute atomic E-state index is 0.111. The Hall–Kier alpha value is -0.940. The van der Waals surface area contributed by atoms with Crippen LogP contribution in [0.25, 0.3) is 0 Å². The highest BCUT2D eigenvalue weighted by Crippen LogP contribution is 2.17. The maximum absolute atomic E-state index is 11.7. The zero-order valence-electron chi connectivity index (χ0n) is 10.2. The highest BCUT2D eigenvalue weighted by molar-refractivity contribution is 7.09. The summed E-state index contributed by atoms with van der Waals surface area (Å²) in [4.78, 5) is 16.9. The summed E-state index contributed by atoms with van der Waals surface area (Å²) in [6, 6.07) is -0.485. The van der Waals surface area contributed by atoms with Crippen LogP contribution >= 0.6 is 11.3 Å². The van der Waals surface area contributed by atoms with Crippen LogP contribution in [0.1, 0.15) is 31.3 Å². The lowest BCUT2D eigenvalue weighted by Gasteiger charge is -2.25. The van der Waals surface area contributed by atoms with Gasteiger partial charge in [0.15, 0.2) is 0 Å². The molecule has 1 aromatic heterocycles. The number of thiazole rings is 1. The number of hydrogen-bond donors (Lipinski definition) is 2. The molecule has 0 aliphatic heterocycles. The van der Waals surface area contributed by atoms with E-state index in [4.69, 9.17) is 5.73 Å². The number of hydrogen-bond acceptors (Lipinski definition) is 4. The fourth-order valence-corrected chi connectivity index (χ4v) is 1.88. The molecule has 0 aliphatic carbocycles. The molecule has 3 N–H and O–H groups in total. The predicted octanol–water partition coefficient (Wildman–Crippen LogP) is 1.44. The second-order valence-electron chi connectivity index (χ2n) is 4.92. The topological polar surface area (TPSA) is 68.0 Å². The minimum Gasteiger partial charge on any atom is -0.350 e. The average Bonchev–Trinajstić information content (AvgIpc) is 2.58. The van der Waals surface area contributed by atoms with E-state index in [1.807, 2.05) is 27.7 Å².